The fourth-order valence-electron chi connectivity index (χ4n) is 1.40. The summed E-state index contributed by atoms with van der Waals surface area (Å²) in [5, 5.41) is 6.79. The highest BCUT2D eigenvalue weighted by Gasteiger charge is 2.08. The Kier molecular flexibility index (Phi) is 4.67. The van der Waals surface area contributed by atoms with Crippen molar-refractivity contribution in [2.75, 3.05) is 11.9 Å². The minimum absolute atomic E-state index is 0.0392. The van der Waals surface area contributed by atoms with E-state index in [1.54, 1.807) is 6.92 Å². The molecule has 2 heterocycles. The Bertz CT molecular complexity index is 574. The van der Waals surface area contributed by atoms with Gasteiger partial charge in [0.1, 0.15) is 0 Å². The van der Waals surface area contributed by atoms with Crippen molar-refractivity contribution in [3.8, 4) is 6.01 Å². The number of hydrogen-bond donors (Lipinski definition) is 1. The first-order valence-electron chi connectivity index (χ1n) is 6.14. The molecule has 2 aromatic rings. The quantitative estimate of drug-likeness (QED) is 0.859. The SMILES string of the molecule is Cc1noc(CCNc2nc(Cl)nc(OC(C)C)n2)n1. The molecule has 20 heavy (non-hydrogen) atoms. The average molecular weight is 299 g/mol. The Labute approximate surface area is 120 Å². The molecule has 8 nitrogen and oxygen atoms in total. The average Bonchev–Trinajstić information content (AvgIpc) is 2.73. The third-order valence-electron chi connectivity index (χ3n) is 2.12. The number of aromatic nitrogens is 5. The summed E-state index contributed by atoms with van der Waals surface area (Å²) in [5.41, 5.74) is 0. The number of halogens is 1. The lowest BCUT2D eigenvalue weighted by molar-refractivity contribution is 0.222. The molecule has 0 saturated carbocycles. The monoisotopic (exact) mass is 298 g/mol. The van der Waals surface area contributed by atoms with Crippen molar-refractivity contribution >= 4 is 17.5 Å². The normalized spacial score (nSPS) is 10.8. The second-order valence-corrected chi connectivity index (χ2v) is 4.63. The molecular weight excluding hydrogens is 284 g/mol. The van der Waals surface area contributed by atoms with Gasteiger partial charge in [0.05, 0.1) is 6.10 Å². The molecule has 0 atom stereocenters. The molecule has 0 radical (unpaired) electrons. The first kappa shape index (κ1) is 14.4. The van der Waals surface area contributed by atoms with Crippen molar-refractivity contribution in [3.63, 3.8) is 0 Å². The van der Waals surface area contributed by atoms with E-state index in [4.69, 9.17) is 20.9 Å². The van der Waals surface area contributed by atoms with Gasteiger partial charge in [-0.3, -0.25) is 0 Å². The lowest BCUT2D eigenvalue weighted by Crippen LogP contribution is -2.13. The van der Waals surface area contributed by atoms with Gasteiger partial charge < -0.3 is 14.6 Å². The van der Waals surface area contributed by atoms with Crippen molar-refractivity contribution in [2.24, 2.45) is 0 Å². The second-order valence-electron chi connectivity index (χ2n) is 4.29. The molecule has 0 aromatic carbocycles. The van der Waals surface area contributed by atoms with Crippen LogP contribution in [0.5, 0.6) is 6.01 Å². The highest BCUT2D eigenvalue weighted by atomic mass is 35.5. The summed E-state index contributed by atoms with van der Waals surface area (Å²) in [7, 11) is 0. The minimum atomic E-state index is -0.0392. The first-order chi connectivity index (χ1) is 9.52. The third kappa shape index (κ3) is 4.30. The van der Waals surface area contributed by atoms with E-state index in [-0.39, 0.29) is 17.4 Å². The predicted octanol–water partition coefficient (Wildman–Crippen LogP) is 1.66. The summed E-state index contributed by atoms with van der Waals surface area (Å²) in [6.45, 7) is 6.05. The molecule has 0 aliphatic heterocycles. The van der Waals surface area contributed by atoms with Gasteiger partial charge in [0.25, 0.3) is 0 Å². The summed E-state index contributed by atoms with van der Waals surface area (Å²) in [5.74, 6) is 1.50. The van der Waals surface area contributed by atoms with Gasteiger partial charge in [-0.05, 0) is 32.4 Å². The number of nitrogens with one attached hydrogen (secondary N) is 1. The summed E-state index contributed by atoms with van der Waals surface area (Å²) >= 11 is 5.81. The zero-order valence-electron chi connectivity index (χ0n) is 11.4. The number of hydrogen-bond acceptors (Lipinski definition) is 8. The largest absolute Gasteiger partial charge is 0.461 e. The van der Waals surface area contributed by atoms with Crippen LogP contribution in [0, 0.1) is 6.92 Å². The van der Waals surface area contributed by atoms with Crippen LogP contribution in [-0.2, 0) is 6.42 Å². The Morgan fingerprint density at radius 1 is 1.25 bits per heavy atom. The maximum Gasteiger partial charge on any atom is 0.322 e. The molecule has 0 unspecified atom stereocenters. The number of aryl methyl sites for hydroxylation is 1. The van der Waals surface area contributed by atoms with E-state index in [2.05, 4.69) is 30.4 Å². The van der Waals surface area contributed by atoms with E-state index in [0.29, 0.717) is 30.6 Å². The topological polar surface area (TPSA) is 98.9 Å². The molecule has 0 spiro atoms. The Hall–Kier alpha value is -1.96. The van der Waals surface area contributed by atoms with E-state index in [1.807, 2.05) is 13.8 Å². The van der Waals surface area contributed by atoms with Crippen LogP contribution in [0.25, 0.3) is 0 Å². The highest BCUT2D eigenvalue weighted by Crippen LogP contribution is 2.12. The molecule has 0 fully saturated rings. The Balaban J connectivity index is 1.93. The van der Waals surface area contributed by atoms with Crippen molar-refractivity contribution in [1.82, 2.24) is 25.1 Å². The molecular formula is C11H15ClN6O2. The fourth-order valence-corrected chi connectivity index (χ4v) is 1.55. The van der Waals surface area contributed by atoms with Crippen LogP contribution in [0.3, 0.4) is 0 Å². The van der Waals surface area contributed by atoms with Gasteiger partial charge in [0, 0.05) is 13.0 Å². The number of rotatable bonds is 6. The van der Waals surface area contributed by atoms with E-state index >= 15 is 0 Å². The van der Waals surface area contributed by atoms with Gasteiger partial charge in [-0.15, -0.1) is 0 Å². The van der Waals surface area contributed by atoms with Gasteiger partial charge in [-0.2, -0.15) is 19.9 Å². The summed E-state index contributed by atoms with van der Waals surface area (Å²) in [6, 6.07) is 0.191. The second kappa shape index (κ2) is 6.47. The van der Waals surface area contributed by atoms with Crippen LogP contribution in [0.15, 0.2) is 4.52 Å². The van der Waals surface area contributed by atoms with Crippen LogP contribution in [0.4, 0.5) is 5.95 Å². The van der Waals surface area contributed by atoms with E-state index in [0.717, 1.165) is 0 Å². The molecule has 0 aliphatic rings. The predicted molar refractivity (Wildman–Crippen MR) is 71.8 cm³/mol. The number of nitrogens with zero attached hydrogens (tertiary/aromatic N) is 5. The molecule has 9 heteroatoms. The summed E-state index contributed by atoms with van der Waals surface area (Å²) in [4.78, 5) is 16.0. The summed E-state index contributed by atoms with van der Waals surface area (Å²) < 4.78 is 10.4. The molecule has 0 saturated heterocycles. The third-order valence-corrected chi connectivity index (χ3v) is 2.29. The highest BCUT2D eigenvalue weighted by molar-refractivity contribution is 6.28. The van der Waals surface area contributed by atoms with Crippen molar-refractivity contribution in [3.05, 3.63) is 17.0 Å². The van der Waals surface area contributed by atoms with Crippen molar-refractivity contribution in [2.45, 2.75) is 33.3 Å². The Morgan fingerprint density at radius 3 is 2.70 bits per heavy atom. The lowest BCUT2D eigenvalue weighted by atomic mass is 10.4. The van der Waals surface area contributed by atoms with E-state index < -0.39 is 0 Å². The first-order valence-corrected chi connectivity index (χ1v) is 6.52. The zero-order valence-corrected chi connectivity index (χ0v) is 12.2. The number of anilines is 1. The van der Waals surface area contributed by atoms with Gasteiger partial charge >= 0.3 is 6.01 Å². The van der Waals surface area contributed by atoms with Crippen molar-refractivity contribution < 1.29 is 9.26 Å². The molecule has 0 amide bonds. The van der Waals surface area contributed by atoms with Crippen molar-refractivity contribution in [1.29, 1.82) is 0 Å². The lowest BCUT2D eigenvalue weighted by Gasteiger charge is -2.09. The minimum Gasteiger partial charge on any atom is -0.461 e. The van der Waals surface area contributed by atoms with E-state index in [1.165, 1.54) is 0 Å². The number of ether oxygens (including phenoxy) is 1. The maximum atomic E-state index is 5.81. The molecule has 2 rings (SSSR count). The standard InChI is InChI=1S/C11H15ClN6O2/c1-6(2)19-11-16-9(12)15-10(17-11)13-5-4-8-14-7(3)18-20-8/h6H,4-5H2,1-3H3,(H,13,15,16,17). The Morgan fingerprint density at radius 2 is 2.05 bits per heavy atom. The molecule has 108 valence electrons. The van der Waals surface area contributed by atoms with Crippen LogP contribution in [0.1, 0.15) is 25.6 Å². The van der Waals surface area contributed by atoms with E-state index in [9.17, 15) is 0 Å². The van der Waals surface area contributed by atoms with Gasteiger partial charge in [-0.25, -0.2) is 0 Å². The maximum absolute atomic E-state index is 5.81. The van der Waals surface area contributed by atoms with Gasteiger partial charge in [-0.1, -0.05) is 5.16 Å². The molecule has 0 aliphatic carbocycles. The van der Waals surface area contributed by atoms with Crippen LogP contribution in [0.2, 0.25) is 5.28 Å². The summed E-state index contributed by atoms with van der Waals surface area (Å²) in [6.07, 6.45) is 0.521. The van der Waals surface area contributed by atoms with Crippen LogP contribution >= 0.6 is 11.6 Å². The molecule has 2 aromatic heterocycles. The van der Waals surface area contributed by atoms with Crippen LogP contribution in [-0.4, -0.2) is 37.7 Å². The smallest absolute Gasteiger partial charge is 0.322 e. The van der Waals surface area contributed by atoms with Gasteiger partial charge in [0.15, 0.2) is 5.82 Å². The van der Waals surface area contributed by atoms with Crippen LogP contribution < -0.4 is 10.1 Å². The molecule has 1 N–H and O–H groups in total. The fraction of sp³-hybridized carbons (Fsp3) is 0.545. The zero-order chi connectivity index (χ0) is 14.5. The van der Waals surface area contributed by atoms with Gasteiger partial charge in [0.2, 0.25) is 17.1 Å². The molecule has 0 bridgehead atoms.